The van der Waals surface area contributed by atoms with E-state index in [2.05, 4.69) is 21.9 Å². The van der Waals surface area contributed by atoms with E-state index in [0.717, 1.165) is 63.5 Å². The maximum Gasteiger partial charge on any atom is 0.259 e. The van der Waals surface area contributed by atoms with Gasteiger partial charge in [-0.15, -0.1) is 0 Å². The summed E-state index contributed by atoms with van der Waals surface area (Å²) in [5, 5.41) is 4.54. The standard InChI is InChI=1S/C25H33N5O2/c1-2-3-4-8-13-29(15-14-28-16-18-32-19-17-28)25(31)22-20-27-30-23(11-12-26-24(22)30)21-9-6-5-7-10-21/h5-7,9-12,20H,2-4,8,13-19H2,1H3. The summed E-state index contributed by atoms with van der Waals surface area (Å²) in [4.78, 5) is 22.5. The summed E-state index contributed by atoms with van der Waals surface area (Å²) in [6.45, 7) is 7.93. The van der Waals surface area contributed by atoms with Crippen LogP contribution in [0.4, 0.5) is 0 Å². The number of unbranched alkanes of at least 4 members (excludes halogenated alkanes) is 3. The lowest BCUT2D eigenvalue weighted by Gasteiger charge is -2.30. The first-order valence-corrected chi connectivity index (χ1v) is 11.8. The highest BCUT2D eigenvalue weighted by Gasteiger charge is 2.22. The predicted octanol–water partition coefficient (Wildman–Crippen LogP) is 3.75. The Hall–Kier alpha value is -2.77. The molecule has 3 aromatic rings. The first-order chi connectivity index (χ1) is 15.8. The first kappa shape index (κ1) is 22.4. The molecule has 1 aliphatic rings. The van der Waals surface area contributed by atoms with Gasteiger partial charge in [-0.1, -0.05) is 56.5 Å². The van der Waals surface area contributed by atoms with E-state index in [1.54, 1.807) is 16.9 Å². The third-order valence-corrected chi connectivity index (χ3v) is 6.06. The van der Waals surface area contributed by atoms with Gasteiger partial charge in [0.2, 0.25) is 0 Å². The fraction of sp³-hybridized carbons (Fsp3) is 0.480. The Morgan fingerprint density at radius 2 is 1.88 bits per heavy atom. The van der Waals surface area contributed by atoms with Crippen LogP contribution in [0.25, 0.3) is 16.9 Å². The van der Waals surface area contributed by atoms with Crippen LogP contribution >= 0.6 is 0 Å². The second-order valence-corrected chi connectivity index (χ2v) is 8.30. The van der Waals surface area contributed by atoms with Crippen LogP contribution in [-0.2, 0) is 4.74 Å². The van der Waals surface area contributed by atoms with Gasteiger partial charge in [-0.3, -0.25) is 9.69 Å². The van der Waals surface area contributed by atoms with E-state index in [4.69, 9.17) is 4.74 Å². The molecule has 0 saturated carbocycles. The number of aromatic nitrogens is 3. The van der Waals surface area contributed by atoms with Crippen LogP contribution in [0.15, 0.2) is 48.8 Å². The average molecular weight is 436 g/mol. The molecule has 1 fully saturated rings. The normalized spacial score (nSPS) is 14.7. The van der Waals surface area contributed by atoms with Crippen molar-refractivity contribution in [1.29, 1.82) is 0 Å². The smallest absolute Gasteiger partial charge is 0.259 e. The van der Waals surface area contributed by atoms with E-state index in [0.29, 0.717) is 17.8 Å². The summed E-state index contributed by atoms with van der Waals surface area (Å²) in [6, 6.07) is 12.0. The molecule has 1 aliphatic heterocycles. The van der Waals surface area contributed by atoms with Crippen molar-refractivity contribution in [2.24, 2.45) is 0 Å². The number of fused-ring (bicyclic) bond motifs is 1. The highest BCUT2D eigenvalue weighted by Crippen LogP contribution is 2.21. The van der Waals surface area contributed by atoms with Crippen molar-refractivity contribution < 1.29 is 9.53 Å². The number of carbonyl (C=O) groups is 1. The van der Waals surface area contributed by atoms with Crippen molar-refractivity contribution in [3.8, 4) is 11.3 Å². The molecule has 7 heteroatoms. The van der Waals surface area contributed by atoms with Crippen molar-refractivity contribution in [2.75, 3.05) is 45.9 Å². The molecule has 0 bridgehead atoms. The van der Waals surface area contributed by atoms with Crippen molar-refractivity contribution in [3.63, 3.8) is 0 Å². The predicted molar refractivity (Wildman–Crippen MR) is 126 cm³/mol. The number of amides is 1. The number of benzene rings is 1. The third kappa shape index (κ3) is 5.34. The van der Waals surface area contributed by atoms with Crippen LogP contribution in [0.2, 0.25) is 0 Å². The maximum absolute atomic E-state index is 13.6. The molecule has 0 radical (unpaired) electrons. The summed E-state index contributed by atoms with van der Waals surface area (Å²) in [5.41, 5.74) is 3.16. The number of hydrogen-bond donors (Lipinski definition) is 0. The second kappa shape index (κ2) is 11.2. The fourth-order valence-electron chi connectivity index (χ4n) is 4.17. The third-order valence-electron chi connectivity index (χ3n) is 6.06. The monoisotopic (exact) mass is 435 g/mol. The van der Waals surface area contributed by atoms with Gasteiger partial charge in [0.25, 0.3) is 5.91 Å². The molecule has 4 rings (SSSR count). The maximum atomic E-state index is 13.6. The molecule has 7 nitrogen and oxygen atoms in total. The number of morpholine rings is 1. The van der Waals surface area contributed by atoms with Gasteiger partial charge in [-0.25, -0.2) is 9.50 Å². The molecule has 1 saturated heterocycles. The lowest BCUT2D eigenvalue weighted by molar-refractivity contribution is 0.0324. The number of rotatable bonds is 10. The van der Waals surface area contributed by atoms with Crippen LogP contribution in [0.5, 0.6) is 0 Å². The Labute approximate surface area is 190 Å². The SMILES string of the molecule is CCCCCCN(CCN1CCOCC1)C(=O)c1cnn2c(-c3ccccc3)ccnc12. The van der Waals surface area contributed by atoms with Crippen LogP contribution < -0.4 is 0 Å². The van der Waals surface area contributed by atoms with E-state index in [1.165, 1.54) is 12.8 Å². The number of hydrogen-bond acceptors (Lipinski definition) is 5. The van der Waals surface area contributed by atoms with Gasteiger partial charge in [-0.05, 0) is 12.5 Å². The zero-order valence-electron chi connectivity index (χ0n) is 18.9. The molecular formula is C25H33N5O2. The van der Waals surface area contributed by atoms with Crippen molar-refractivity contribution >= 4 is 11.6 Å². The summed E-state index contributed by atoms with van der Waals surface area (Å²) >= 11 is 0. The van der Waals surface area contributed by atoms with E-state index < -0.39 is 0 Å². The van der Waals surface area contributed by atoms with Crippen LogP contribution in [-0.4, -0.2) is 76.2 Å². The van der Waals surface area contributed by atoms with E-state index in [9.17, 15) is 4.79 Å². The Morgan fingerprint density at radius 3 is 2.66 bits per heavy atom. The van der Waals surface area contributed by atoms with Gasteiger partial charge < -0.3 is 9.64 Å². The Balaban J connectivity index is 1.54. The zero-order valence-corrected chi connectivity index (χ0v) is 18.9. The van der Waals surface area contributed by atoms with Gasteiger partial charge in [0.15, 0.2) is 5.65 Å². The fourth-order valence-corrected chi connectivity index (χ4v) is 4.17. The number of carbonyl (C=O) groups excluding carboxylic acids is 1. The molecule has 3 heterocycles. The molecule has 0 N–H and O–H groups in total. The summed E-state index contributed by atoms with van der Waals surface area (Å²) < 4.78 is 7.24. The molecule has 1 aromatic carbocycles. The van der Waals surface area contributed by atoms with E-state index in [-0.39, 0.29) is 5.91 Å². The first-order valence-electron chi connectivity index (χ1n) is 11.8. The van der Waals surface area contributed by atoms with Crippen molar-refractivity contribution in [3.05, 3.63) is 54.4 Å². The Bertz CT molecular complexity index is 998. The van der Waals surface area contributed by atoms with Crippen LogP contribution in [0.1, 0.15) is 43.0 Å². The summed E-state index contributed by atoms with van der Waals surface area (Å²) in [5.74, 6) is 0.0162. The van der Waals surface area contributed by atoms with Crippen molar-refractivity contribution in [1.82, 2.24) is 24.4 Å². The molecule has 0 unspecified atom stereocenters. The summed E-state index contributed by atoms with van der Waals surface area (Å²) in [7, 11) is 0. The molecule has 0 spiro atoms. The minimum atomic E-state index is 0.0162. The lowest BCUT2D eigenvalue weighted by Crippen LogP contribution is -2.43. The minimum absolute atomic E-state index is 0.0162. The van der Waals surface area contributed by atoms with Gasteiger partial charge in [-0.2, -0.15) is 5.10 Å². The van der Waals surface area contributed by atoms with Crippen molar-refractivity contribution in [2.45, 2.75) is 32.6 Å². The average Bonchev–Trinajstić information content (AvgIpc) is 3.29. The molecule has 170 valence electrons. The van der Waals surface area contributed by atoms with Gasteiger partial charge in [0, 0.05) is 44.5 Å². The quantitative estimate of drug-likeness (QED) is 0.454. The summed E-state index contributed by atoms with van der Waals surface area (Å²) in [6.07, 6.45) is 7.97. The van der Waals surface area contributed by atoms with Gasteiger partial charge in [0.1, 0.15) is 5.56 Å². The Morgan fingerprint density at radius 1 is 1.06 bits per heavy atom. The molecule has 1 amide bonds. The molecule has 0 atom stereocenters. The number of nitrogens with zero attached hydrogens (tertiary/aromatic N) is 5. The second-order valence-electron chi connectivity index (χ2n) is 8.30. The zero-order chi connectivity index (χ0) is 22.2. The highest BCUT2D eigenvalue weighted by molar-refractivity contribution is 6.00. The molecule has 0 aliphatic carbocycles. The lowest BCUT2D eigenvalue weighted by atomic mass is 10.1. The van der Waals surface area contributed by atoms with Gasteiger partial charge >= 0.3 is 0 Å². The topological polar surface area (TPSA) is 63.0 Å². The Kier molecular flexibility index (Phi) is 7.85. The van der Waals surface area contributed by atoms with Crippen LogP contribution in [0, 0.1) is 0 Å². The molecular weight excluding hydrogens is 402 g/mol. The molecule has 32 heavy (non-hydrogen) atoms. The van der Waals surface area contributed by atoms with Gasteiger partial charge in [0.05, 0.1) is 25.1 Å². The van der Waals surface area contributed by atoms with E-state index >= 15 is 0 Å². The molecule has 2 aromatic heterocycles. The number of ether oxygens (including phenoxy) is 1. The van der Waals surface area contributed by atoms with E-state index in [1.807, 2.05) is 41.3 Å². The largest absolute Gasteiger partial charge is 0.379 e. The van der Waals surface area contributed by atoms with Crippen LogP contribution in [0.3, 0.4) is 0 Å². The highest BCUT2D eigenvalue weighted by atomic mass is 16.5. The minimum Gasteiger partial charge on any atom is -0.379 e.